The van der Waals surface area contributed by atoms with E-state index in [-0.39, 0.29) is 18.5 Å². The average molecular weight is 439 g/mol. The third-order valence-electron chi connectivity index (χ3n) is 5.20. The monoisotopic (exact) mass is 438 g/mol. The Bertz CT molecular complexity index is 999. The second kappa shape index (κ2) is 8.27. The number of hydrogen-bond donors (Lipinski definition) is 1. The Balaban J connectivity index is 1.69. The maximum absolute atomic E-state index is 13.0. The molecule has 2 aromatic heterocycles. The first kappa shape index (κ1) is 20.7. The fourth-order valence-corrected chi connectivity index (χ4v) is 6.63. The Morgan fingerprint density at radius 2 is 2.03 bits per heavy atom. The van der Waals surface area contributed by atoms with E-state index >= 15 is 0 Å². The van der Waals surface area contributed by atoms with Gasteiger partial charge in [0.2, 0.25) is 0 Å². The van der Waals surface area contributed by atoms with Crippen molar-refractivity contribution in [2.24, 2.45) is 0 Å². The number of aromatic nitrogens is 1. The Hall–Kier alpha value is -1.59. The highest BCUT2D eigenvalue weighted by molar-refractivity contribution is 7.86. The van der Waals surface area contributed by atoms with Crippen LogP contribution in [-0.4, -0.2) is 66.7 Å². The van der Waals surface area contributed by atoms with Gasteiger partial charge in [-0.05, 0) is 32.8 Å². The summed E-state index contributed by atoms with van der Waals surface area (Å²) in [6.07, 6.45) is 2.98. The van der Waals surface area contributed by atoms with Gasteiger partial charge < -0.3 is 10.1 Å². The average Bonchev–Trinajstić information content (AvgIpc) is 3.36. The first-order valence-electron chi connectivity index (χ1n) is 9.93. The molecule has 2 aliphatic rings. The molecule has 0 saturated carbocycles. The summed E-state index contributed by atoms with van der Waals surface area (Å²) in [7, 11) is -3.52. The van der Waals surface area contributed by atoms with Crippen molar-refractivity contribution in [2.75, 3.05) is 32.8 Å². The van der Waals surface area contributed by atoms with Crippen molar-refractivity contribution >= 4 is 37.7 Å². The summed E-state index contributed by atoms with van der Waals surface area (Å²) >= 11 is 1.32. The standard InChI is InChI=1S/C19H26N4O4S2/c1-13(2)21-18(24)17-16(14-6-5-7-20-19(14)28-17)15-12-23(10-11-27-15)29(25,26)22-8-3-4-9-22/h5-7,13,15H,3-4,8-12H2,1-2H3,(H,21,24). The molecular formula is C19H26N4O4S2. The van der Waals surface area contributed by atoms with E-state index in [0.717, 1.165) is 28.6 Å². The lowest BCUT2D eigenvalue weighted by atomic mass is 10.0. The Morgan fingerprint density at radius 1 is 1.28 bits per heavy atom. The molecule has 4 heterocycles. The highest BCUT2D eigenvalue weighted by atomic mass is 32.2. The van der Waals surface area contributed by atoms with Crippen molar-refractivity contribution in [3.05, 3.63) is 28.8 Å². The molecule has 8 nitrogen and oxygen atoms in total. The molecule has 2 aliphatic heterocycles. The van der Waals surface area contributed by atoms with Gasteiger partial charge in [-0.15, -0.1) is 11.3 Å². The molecule has 10 heteroatoms. The van der Waals surface area contributed by atoms with Gasteiger partial charge in [0.15, 0.2) is 0 Å². The zero-order chi connectivity index (χ0) is 20.6. The van der Waals surface area contributed by atoms with Crippen LogP contribution in [0, 0.1) is 0 Å². The lowest BCUT2D eigenvalue weighted by Gasteiger charge is -2.34. The third-order valence-corrected chi connectivity index (χ3v) is 8.33. The molecule has 158 valence electrons. The van der Waals surface area contributed by atoms with E-state index in [4.69, 9.17) is 4.74 Å². The summed E-state index contributed by atoms with van der Waals surface area (Å²) in [5.41, 5.74) is 0.734. The van der Waals surface area contributed by atoms with Crippen LogP contribution < -0.4 is 5.32 Å². The van der Waals surface area contributed by atoms with Crippen molar-refractivity contribution in [2.45, 2.75) is 38.8 Å². The minimum Gasteiger partial charge on any atom is -0.371 e. The van der Waals surface area contributed by atoms with E-state index < -0.39 is 16.3 Å². The number of carbonyl (C=O) groups excluding carboxylic acids is 1. The summed E-state index contributed by atoms with van der Waals surface area (Å²) in [5.74, 6) is -0.180. The summed E-state index contributed by atoms with van der Waals surface area (Å²) in [4.78, 5) is 18.5. The van der Waals surface area contributed by atoms with E-state index in [2.05, 4.69) is 10.3 Å². The van der Waals surface area contributed by atoms with Gasteiger partial charge in [-0.3, -0.25) is 4.79 Å². The molecule has 2 fully saturated rings. The molecule has 1 amide bonds. The van der Waals surface area contributed by atoms with Gasteiger partial charge >= 0.3 is 0 Å². The van der Waals surface area contributed by atoms with E-state index in [1.165, 1.54) is 15.6 Å². The van der Waals surface area contributed by atoms with Crippen LogP contribution in [0.5, 0.6) is 0 Å². The zero-order valence-electron chi connectivity index (χ0n) is 16.6. The fraction of sp³-hybridized carbons (Fsp3) is 0.579. The molecule has 0 bridgehead atoms. The number of thiophene rings is 1. The Morgan fingerprint density at radius 3 is 2.76 bits per heavy atom. The van der Waals surface area contributed by atoms with Gasteiger partial charge in [0.05, 0.1) is 12.7 Å². The molecule has 29 heavy (non-hydrogen) atoms. The number of hydrogen-bond acceptors (Lipinski definition) is 6. The van der Waals surface area contributed by atoms with Crippen LogP contribution >= 0.6 is 11.3 Å². The number of rotatable bonds is 5. The molecule has 2 aromatic rings. The largest absolute Gasteiger partial charge is 0.371 e. The summed E-state index contributed by atoms with van der Waals surface area (Å²) in [6, 6.07) is 3.73. The topological polar surface area (TPSA) is 91.8 Å². The Labute approximate surface area is 175 Å². The van der Waals surface area contributed by atoms with E-state index in [0.29, 0.717) is 31.1 Å². The van der Waals surface area contributed by atoms with Gasteiger partial charge in [0, 0.05) is 49.4 Å². The number of nitrogens with one attached hydrogen (secondary N) is 1. The van der Waals surface area contributed by atoms with E-state index in [9.17, 15) is 13.2 Å². The van der Waals surface area contributed by atoms with E-state index in [1.54, 1.807) is 10.5 Å². The van der Waals surface area contributed by atoms with Crippen LogP contribution in [0.25, 0.3) is 10.2 Å². The lowest BCUT2D eigenvalue weighted by Crippen LogP contribution is -2.48. The second-order valence-electron chi connectivity index (χ2n) is 7.66. The van der Waals surface area contributed by atoms with Crippen molar-refractivity contribution in [3.63, 3.8) is 0 Å². The minimum atomic E-state index is -3.52. The molecular weight excluding hydrogens is 412 g/mol. The number of amides is 1. The van der Waals surface area contributed by atoms with Crippen LogP contribution in [0.15, 0.2) is 18.3 Å². The summed E-state index contributed by atoms with van der Waals surface area (Å²) < 4.78 is 35.1. The van der Waals surface area contributed by atoms with E-state index in [1.807, 2.05) is 26.0 Å². The molecule has 4 rings (SSSR count). The molecule has 0 spiro atoms. The van der Waals surface area contributed by atoms with Crippen LogP contribution in [0.4, 0.5) is 0 Å². The van der Waals surface area contributed by atoms with Crippen molar-refractivity contribution in [3.8, 4) is 0 Å². The smallest absolute Gasteiger partial charge is 0.282 e. The minimum absolute atomic E-state index is 0.00663. The highest BCUT2D eigenvalue weighted by Gasteiger charge is 2.38. The summed E-state index contributed by atoms with van der Waals surface area (Å²) in [6.45, 7) is 5.76. The number of carbonyl (C=O) groups is 1. The van der Waals surface area contributed by atoms with Crippen molar-refractivity contribution in [1.29, 1.82) is 0 Å². The SMILES string of the molecule is CC(C)NC(=O)c1sc2ncccc2c1C1CN(S(=O)(=O)N2CCCC2)CCO1. The van der Waals surface area contributed by atoms with Crippen LogP contribution in [0.2, 0.25) is 0 Å². The third kappa shape index (κ3) is 4.04. The zero-order valence-corrected chi connectivity index (χ0v) is 18.3. The molecule has 0 aromatic carbocycles. The quantitative estimate of drug-likeness (QED) is 0.772. The van der Waals surface area contributed by atoms with Gasteiger partial charge in [0.25, 0.3) is 16.1 Å². The lowest BCUT2D eigenvalue weighted by molar-refractivity contribution is -0.00348. The number of morpholine rings is 1. The van der Waals surface area contributed by atoms with Crippen molar-refractivity contribution in [1.82, 2.24) is 18.9 Å². The first-order valence-corrected chi connectivity index (χ1v) is 12.1. The van der Waals surface area contributed by atoms with Crippen LogP contribution in [0.3, 0.4) is 0 Å². The number of ether oxygens (including phenoxy) is 1. The summed E-state index contributed by atoms with van der Waals surface area (Å²) in [5, 5.41) is 3.78. The van der Waals surface area contributed by atoms with Crippen LogP contribution in [0.1, 0.15) is 48.0 Å². The van der Waals surface area contributed by atoms with Gasteiger partial charge in [-0.2, -0.15) is 17.0 Å². The molecule has 2 saturated heterocycles. The Kier molecular flexibility index (Phi) is 5.90. The molecule has 1 unspecified atom stereocenters. The molecule has 0 aliphatic carbocycles. The van der Waals surface area contributed by atoms with Gasteiger partial charge in [-0.25, -0.2) is 4.98 Å². The first-order chi connectivity index (χ1) is 13.9. The van der Waals surface area contributed by atoms with Gasteiger partial charge in [0.1, 0.15) is 9.71 Å². The predicted molar refractivity (Wildman–Crippen MR) is 112 cm³/mol. The second-order valence-corrected chi connectivity index (χ2v) is 10.6. The maximum Gasteiger partial charge on any atom is 0.282 e. The molecule has 1 N–H and O–H groups in total. The predicted octanol–water partition coefficient (Wildman–Crippen LogP) is 2.15. The molecule has 0 radical (unpaired) electrons. The van der Waals surface area contributed by atoms with Crippen LogP contribution in [-0.2, 0) is 14.9 Å². The molecule has 1 atom stereocenters. The van der Waals surface area contributed by atoms with Crippen molar-refractivity contribution < 1.29 is 17.9 Å². The normalized spacial score (nSPS) is 21.8. The van der Waals surface area contributed by atoms with Gasteiger partial charge in [-0.1, -0.05) is 6.07 Å². The number of pyridine rings is 1. The number of nitrogens with zero attached hydrogens (tertiary/aromatic N) is 3. The fourth-order valence-electron chi connectivity index (χ4n) is 3.86. The highest BCUT2D eigenvalue weighted by Crippen LogP contribution is 2.38. The maximum atomic E-state index is 13.0. The number of fused-ring (bicyclic) bond motifs is 1.